The predicted molar refractivity (Wildman–Crippen MR) is 65.2 cm³/mol. The molecule has 5 atom stereocenters. The topological polar surface area (TPSA) is 29.5 Å². The Morgan fingerprint density at radius 3 is 2.75 bits per heavy atom. The van der Waals surface area contributed by atoms with E-state index >= 15 is 0 Å². The second-order valence-electron chi connectivity index (χ2n) is 6.12. The fraction of sp³-hybridized carbons (Fsp3) is 1.00. The molecule has 2 rings (SSSR count). The third-order valence-electron chi connectivity index (χ3n) is 5.41. The van der Waals surface area contributed by atoms with E-state index in [0.717, 1.165) is 5.92 Å². The van der Waals surface area contributed by atoms with Crippen LogP contribution in [0.2, 0.25) is 0 Å². The highest BCUT2D eigenvalue weighted by Crippen LogP contribution is 2.58. The first-order valence-corrected chi connectivity index (χ1v) is 6.77. The maximum Gasteiger partial charge on any atom is 0.0604 e. The summed E-state index contributed by atoms with van der Waals surface area (Å²) in [6, 6.07) is 0. The molecule has 94 valence electrons. The van der Waals surface area contributed by atoms with Gasteiger partial charge in [0.1, 0.15) is 0 Å². The molecule has 2 nitrogen and oxygen atoms in total. The maximum atomic E-state index is 9.39. The van der Waals surface area contributed by atoms with Gasteiger partial charge in [0.05, 0.1) is 6.10 Å². The third-order valence-corrected chi connectivity index (χ3v) is 5.41. The number of ether oxygens (including phenoxy) is 1. The minimum Gasteiger partial charge on any atom is -0.396 e. The minimum absolute atomic E-state index is 0.338. The van der Waals surface area contributed by atoms with Crippen LogP contribution in [0.1, 0.15) is 46.0 Å². The highest BCUT2D eigenvalue weighted by atomic mass is 16.5. The summed E-state index contributed by atoms with van der Waals surface area (Å²) in [5.74, 6) is 1.87. The summed E-state index contributed by atoms with van der Waals surface area (Å²) < 4.78 is 5.67. The van der Waals surface area contributed by atoms with Crippen LogP contribution >= 0.6 is 0 Å². The van der Waals surface area contributed by atoms with Crippen molar-refractivity contribution in [3.63, 3.8) is 0 Å². The Bertz CT molecular complexity index is 233. The van der Waals surface area contributed by atoms with Gasteiger partial charge in [-0.3, -0.25) is 0 Å². The fourth-order valence-corrected chi connectivity index (χ4v) is 4.50. The van der Waals surface area contributed by atoms with Crippen molar-refractivity contribution >= 4 is 0 Å². The van der Waals surface area contributed by atoms with E-state index in [1.807, 2.05) is 7.11 Å². The number of hydrogen-bond donors (Lipinski definition) is 1. The summed E-state index contributed by atoms with van der Waals surface area (Å²) in [6.45, 7) is 4.98. The average Bonchev–Trinajstić information content (AvgIpc) is 2.64. The highest BCUT2D eigenvalue weighted by Gasteiger charge is 2.52. The molecule has 5 unspecified atom stereocenters. The van der Waals surface area contributed by atoms with Crippen LogP contribution in [0.3, 0.4) is 0 Å². The summed E-state index contributed by atoms with van der Waals surface area (Å²) in [5.41, 5.74) is 0.418. The van der Waals surface area contributed by atoms with Crippen LogP contribution in [0.25, 0.3) is 0 Å². The lowest BCUT2D eigenvalue weighted by molar-refractivity contribution is -0.0531. The second-order valence-corrected chi connectivity index (χ2v) is 6.12. The van der Waals surface area contributed by atoms with Crippen molar-refractivity contribution < 1.29 is 9.84 Å². The van der Waals surface area contributed by atoms with Gasteiger partial charge in [-0.15, -0.1) is 0 Å². The molecule has 0 aliphatic heterocycles. The molecule has 2 heteroatoms. The number of hydrogen-bond acceptors (Lipinski definition) is 2. The zero-order chi connectivity index (χ0) is 11.8. The van der Waals surface area contributed by atoms with Crippen LogP contribution in [0.4, 0.5) is 0 Å². The van der Waals surface area contributed by atoms with Gasteiger partial charge >= 0.3 is 0 Å². The molecule has 0 aromatic rings. The predicted octanol–water partition coefficient (Wildman–Crippen LogP) is 2.85. The lowest BCUT2D eigenvalue weighted by atomic mass is 9.62. The summed E-state index contributed by atoms with van der Waals surface area (Å²) >= 11 is 0. The van der Waals surface area contributed by atoms with Gasteiger partial charge < -0.3 is 9.84 Å². The van der Waals surface area contributed by atoms with Crippen molar-refractivity contribution in [3.05, 3.63) is 0 Å². The Labute approximate surface area is 99.4 Å². The maximum absolute atomic E-state index is 9.39. The van der Waals surface area contributed by atoms with Crippen LogP contribution in [0, 0.1) is 23.2 Å². The lowest BCUT2D eigenvalue weighted by Gasteiger charge is -2.46. The van der Waals surface area contributed by atoms with Gasteiger partial charge in [-0.2, -0.15) is 0 Å². The Morgan fingerprint density at radius 1 is 1.38 bits per heavy atom. The van der Waals surface area contributed by atoms with Gasteiger partial charge in [-0.05, 0) is 48.9 Å². The van der Waals surface area contributed by atoms with Crippen molar-refractivity contribution in [2.45, 2.75) is 52.1 Å². The number of fused-ring (bicyclic) bond motifs is 1. The minimum atomic E-state index is 0.338. The van der Waals surface area contributed by atoms with Crippen LogP contribution < -0.4 is 0 Å². The zero-order valence-corrected chi connectivity index (χ0v) is 10.9. The molecular formula is C14H26O2. The number of rotatable bonds is 3. The molecule has 0 aromatic heterocycles. The van der Waals surface area contributed by atoms with E-state index in [1.165, 1.54) is 32.1 Å². The zero-order valence-electron chi connectivity index (χ0n) is 10.9. The molecule has 0 saturated heterocycles. The first-order valence-electron chi connectivity index (χ1n) is 6.77. The Hall–Kier alpha value is -0.0800. The van der Waals surface area contributed by atoms with Crippen LogP contribution in [-0.4, -0.2) is 24.9 Å². The molecule has 2 aliphatic rings. The second kappa shape index (κ2) is 4.66. The quantitative estimate of drug-likeness (QED) is 0.802. The molecule has 0 aromatic carbocycles. The number of methoxy groups -OCH3 is 1. The SMILES string of the molecule is COC1CCCC2(C)C(C(C)CO)CCC12. The van der Waals surface area contributed by atoms with Crippen molar-refractivity contribution in [2.75, 3.05) is 13.7 Å². The highest BCUT2D eigenvalue weighted by molar-refractivity contribution is 5.01. The van der Waals surface area contributed by atoms with Gasteiger partial charge in [0.2, 0.25) is 0 Å². The van der Waals surface area contributed by atoms with Crippen LogP contribution in [0.5, 0.6) is 0 Å². The first-order chi connectivity index (χ1) is 7.63. The number of aliphatic hydroxyl groups excluding tert-OH is 1. The molecule has 0 bridgehead atoms. The van der Waals surface area contributed by atoms with Crippen molar-refractivity contribution in [1.29, 1.82) is 0 Å². The van der Waals surface area contributed by atoms with Gasteiger partial charge in [-0.25, -0.2) is 0 Å². The third kappa shape index (κ3) is 1.80. The van der Waals surface area contributed by atoms with Gasteiger partial charge in [0.25, 0.3) is 0 Å². The number of aliphatic hydroxyl groups is 1. The summed E-state index contributed by atoms with van der Waals surface area (Å²) in [5, 5.41) is 9.39. The largest absolute Gasteiger partial charge is 0.396 e. The average molecular weight is 226 g/mol. The Kier molecular flexibility index (Phi) is 3.60. The molecular weight excluding hydrogens is 200 g/mol. The van der Waals surface area contributed by atoms with E-state index in [1.54, 1.807) is 0 Å². The van der Waals surface area contributed by atoms with E-state index in [2.05, 4.69) is 13.8 Å². The Balaban J connectivity index is 2.17. The molecule has 0 amide bonds. The molecule has 16 heavy (non-hydrogen) atoms. The molecule has 2 fully saturated rings. The van der Waals surface area contributed by atoms with Gasteiger partial charge in [0.15, 0.2) is 0 Å². The lowest BCUT2D eigenvalue weighted by Crippen LogP contribution is -2.42. The smallest absolute Gasteiger partial charge is 0.0604 e. The fourth-order valence-electron chi connectivity index (χ4n) is 4.50. The molecule has 2 saturated carbocycles. The van der Waals surface area contributed by atoms with Gasteiger partial charge in [-0.1, -0.05) is 20.3 Å². The molecule has 0 heterocycles. The van der Waals surface area contributed by atoms with E-state index in [4.69, 9.17) is 4.74 Å². The van der Waals surface area contributed by atoms with Crippen LogP contribution in [0.15, 0.2) is 0 Å². The van der Waals surface area contributed by atoms with E-state index < -0.39 is 0 Å². The monoisotopic (exact) mass is 226 g/mol. The molecule has 1 N–H and O–H groups in total. The van der Waals surface area contributed by atoms with Crippen LogP contribution in [-0.2, 0) is 4.74 Å². The summed E-state index contributed by atoms with van der Waals surface area (Å²) in [6.07, 6.45) is 6.89. The molecule has 0 spiro atoms. The molecule has 2 aliphatic carbocycles. The summed E-state index contributed by atoms with van der Waals surface area (Å²) in [7, 11) is 1.86. The molecule has 0 radical (unpaired) electrons. The van der Waals surface area contributed by atoms with E-state index in [9.17, 15) is 5.11 Å². The van der Waals surface area contributed by atoms with E-state index in [-0.39, 0.29) is 0 Å². The normalized spacial score (nSPS) is 45.4. The standard InChI is InChI=1S/C14H26O2/c1-10(9-15)11-6-7-12-13(16-3)5-4-8-14(11,12)2/h10-13,15H,4-9H2,1-3H3. The Morgan fingerprint density at radius 2 is 2.12 bits per heavy atom. The van der Waals surface area contributed by atoms with Crippen molar-refractivity contribution in [2.24, 2.45) is 23.2 Å². The summed E-state index contributed by atoms with van der Waals surface area (Å²) in [4.78, 5) is 0. The van der Waals surface area contributed by atoms with Crippen molar-refractivity contribution in [3.8, 4) is 0 Å². The first kappa shape index (κ1) is 12.4. The van der Waals surface area contributed by atoms with Crippen molar-refractivity contribution in [1.82, 2.24) is 0 Å². The van der Waals surface area contributed by atoms with E-state index in [0.29, 0.717) is 30.0 Å². The van der Waals surface area contributed by atoms with Gasteiger partial charge in [0, 0.05) is 13.7 Å².